The molecule has 1 fully saturated rings. The van der Waals surface area contributed by atoms with Gasteiger partial charge >= 0.3 is 0 Å². The van der Waals surface area contributed by atoms with E-state index in [1.807, 2.05) is 6.07 Å². The standard InChI is InChI=1S/C14H23ClN4O/c1-4-11-9-18(2)6-5-7-19(11)14-8-12(15)16-13(17-14)10-20-3/h8,11H,4-7,9-10H2,1-3H3. The summed E-state index contributed by atoms with van der Waals surface area (Å²) in [7, 11) is 3.81. The Morgan fingerprint density at radius 2 is 2.20 bits per heavy atom. The molecule has 112 valence electrons. The number of methoxy groups -OCH3 is 1. The molecule has 0 aromatic carbocycles. The van der Waals surface area contributed by atoms with Gasteiger partial charge in [0, 0.05) is 32.3 Å². The molecule has 0 N–H and O–H groups in total. The SMILES string of the molecule is CCC1CN(C)CCCN1c1cc(Cl)nc(COC)n1. The zero-order valence-electron chi connectivity index (χ0n) is 12.5. The molecule has 1 saturated heterocycles. The maximum Gasteiger partial charge on any atom is 0.158 e. The van der Waals surface area contributed by atoms with E-state index in [2.05, 4.69) is 33.7 Å². The summed E-state index contributed by atoms with van der Waals surface area (Å²) in [6.45, 7) is 5.78. The Morgan fingerprint density at radius 3 is 2.90 bits per heavy atom. The number of aromatic nitrogens is 2. The molecule has 6 heteroatoms. The van der Waals surface area contributed by atoms with Gasteiger partial charge in [-0.25, -0.2) is 9.97 Å². The van der Waals surface area contributed by atoms with Gasteiger partial charge in [-0.15, -0.1) is 0 Å². The second kappa shape index (κ2) is 7.20. The molecular weight excluding hydrogens is 276 g/mol. The van der Waals surface area contributed by atoms with Crippen LogP contribution >= 0.6 is 11.6 Å². The Labute approximate surface area is 125 Å². The van der Waals surface area contributed by atoms with Gasteiger partial charge in [-0.05, 0) is 26.4 Å². The van der Waals surface area contributed by atoms with Crippen molar-refractivity contribution in [2.75, 3.05) is 38.7 Å². The minimum atomic E-state index is 0.387. The smallest absolute Gasteiger partial charge is 0.158 e. The number of anilines is 1. The van der Waals surface area contributed by atoms with E-state index in [-0.39, 0.29) is 0 Å². The first-order valence-electron chi connectivity index (χ1n) is 7.11. The molecule has 5 nitrogen and oxygen atoms in total. The Bertz CT molecular complexity index is 443. The lowest BCUT2D eigenvalue weighted by atomic mass is 10.2. The molecule has 1 atom stereocenters. The van der Waals surface area contributed by atoms with Crippen LogP contribution in [0.25, 0.3) is 0 Å². The topological polar surface area (TPSA) is 41.5 Å². The van der Waals surface area contributed by atoms with E-state index >= 15 is 0 Å². The lowest BCUT2D eigenvalue weighted by Gasteiger charge is -2.31. The van der Waals surface area contributed by atoms with E-state index in [4.69, 9.17) is 16.3 Å². The first kappa shape index (κ1) is 15.5. The summed E-state index contributed by atoms with van der Waals surface area (Å²) in [6, 6.07) is 2.32. The van der Waals surface area contributed by atoms with Crippen LogP contribution in [0.2, 0.25) is 5.15 Å². The van der Waals surface area contributed by atoms with Gasteiger partial charge in [0.2, 0.25) is 0 Å². The third-order valence-electron chi connectivity index (χ3n) is 3.67. The van der Waals surface area contributed by atoms with Crippen molar-refractivity contribution >= 4 is 17.4 Å². The summed E-state index contributed by atoms with van der Waals surface area (Å²) in [5, 5.41) is 0.481. The average molecular weight is 299 g/mol. The van der Waals surface area contributed by atoms with Gasteiger partial charge < -0.3 is 14.5 Å². The van der Waals surface area contributed by atoms with Crippen molar-refractivity contribution in [3.8, 4) is 0 Å². The van der Waals surface area contributed by atoms with Crippen LogP contribution in [0.5, 0.6) is 0 Å². The van der Waals surface area contributed by atoms with E-state index in [9.17, 15) is 0 Å². The van der Waals surface area contributed by atoms with E-state index in [0.717, 1.165) is 38.3 Å². The van der Waals surface area contributed by atoms with Crippen molar-refractivity contribution in [3.05, 3.63) is 17.0 Å². The number of nitrogens with zero attached hydrogens (tertiary/aromatic N) is 4. The van der Waals surface area contributed by atoms with Crippen LogP contribution in [0.4, 0.5) is 5.82 Å². The molecular formula is C14H23ClN4O. The first-order chi connectivity index (χ1) is 9.63. The van der Waals surface area contributed by atoms with E-state index < -0.39 is 0 Å². The van der Waals surface area contributed by atoms with Crippen LogP contribution in [0, 0.1) is 0 Å². The van der Waals surface area contributed by atoms with E-state index in [1.54, 1.807) is 7.11 Å². The predicted molar refractivity (Wildman–Crippen MR) is 81.3 cm³/mol. The van der Waals surface area contributed by atoms with Crippen LogP contribution in [-0.4, -0.2) is 54.7 Å². The molecule has 1 aromatic rings. The minimum absolute atomic E-state index is 0.387. The highest BCUT2D eigenvalue weighted by molar-refractivity contribution is 6.29. The summed E-state index contributed by atoms with van der Waals surface area (Å²) in [5.41, 5.74) is 0. The molecule has 1 unspecified atom stereocenters. The molecule has 0 aliphatic carbocycles. The number of ether oxygens (including phenoxy) is 1. The number of hydrogen-bond donors (Lipinski definition) is 0. The van der Waals surface area contributed by atoms with Crippen LogP contribution < -0.4 is 4.90 Å². The number of hydrogen-bond acceptors (Lipinski definition) is 5. The third-order valence-corrected chi connectivity index (χ3v) is 3.86. The molecule has 1 aromatic heterocycles. The van der Waals surface area contributed by atoms with Crippen molar-refractivity contribution in [3.63, 3.8) is 0 Å². The predicted octanol–water partition coefficient (Wildman–Crippen LogP) is 2.20. The van der Waals surface area contributed by atoms with Crippen LogP contribution in [-0.2, 0) is 11.3 Å². The van der Waals surface area contributed by atoms with Crippen molar-refractivity contribution in [2.45, 2.75) is 32.4 Å². The maximum absolute atomic E-state index is 6.12. The average Bonchev–Trinajstić information content (AvgIpc) is 2.59. The third kappa shape index (κ3) is 3.81. The molecule has 2 rings (SSSR count). The Kier molecular flexibility index (Phi) is 5.57. The van der Waals surface area contributed by atoms with Crippen molar-refractivity contribution in [1.29, 1.82) is 0 Å². The lowest BCUT2D eigenvalue weighted by molar-refractivity contribution is 0.178. The van der Waals surface area contributed by atoms with Gasteiger partial charge in [0.15, 0.2) is 5.82 Å². The van der Waals surface area contributed by atoms with Gasteiger partial charge in [-0.3, -0.25) is 0 Å². The second-order valence-electron chi connectivity index (χ2n) is 5.27. The summed E-state index contributed by atoms with van der Waals surface area (Å²) in [4.78, 5) is 13.5. The first-order valence-corrected chi connectivity index (χ1v) is 7.49. The molecule has 0 spiro atoms. The zero-order chi connectivity index (χ0) is 14.5. The Hall–Kier alpha value is -0.910. The van der Waals surface area contributed by atoms with Crippen molar-refractivity contribution in [1.82, 2.24) is 14.9 Å². The van der Waals surface area contributed by atoms with Gasteiger partial charge in [0.1, 0.15) is 17.6 Å². The summed E-state index contributed by atoms with van der Waals surface area (Å²) in [5.74, 6) is 1.56. The molecule has 0 bridgehead atoms. The fourth-order valence-corrected chi connectivity index (χ4v) is 2.88. The Morgan fingerprint density at radius 1 is 1.40 bits per heavy atom. The number of likely N-dealkylation sites (N-methyl/N-ethyl adjacent to an activating group) is 1. The maximum atomic E-state index is 6.12. The highest BCUT2D eigenvalue weighted by atomic mass is 35.5. The quantitative estimate of drug-likeness (QED) is 0.797. The van der Waals surface area contributed by atoms with Gasteiger partial charge in [0.05, 0.1) is 0 Å². The van der Waals surface area contributed by atoms with E-state index in [0.29, 0.717) is 23.6 Å². The fraction of sp³-hybridized carbons (Fsp3) is 0.714. The van der Waals surface area contributed by atoms with Crippen LogP contribution in [0.15, 0.2) is 6.07 Å². The van der Waals surface area contributed by atoms with Crippen LogP contribution in [0.3, 0.4) is 0 Å². The van der Waals surface area contributed by atoms with Crippen molar-refractivity contribution < 1.29 is 4.74 Å². The molecule has 20 heavy (non-hydrogen) atoms. The summed E-state index contributed by atoms with van der Waals surface area (Å²) in [6.07, 6.45) is 2.22. The van der Waals surface area contributed by atoms with Crippen molar-refractivity contribution in [2.24, 2.45) is 0 Å². The van der Waals surface area contributed by atoms with E-state index in [1.165, 1.54) is 0 Å². The molecule has 2 heterocycles. The molecule has 0 amide bonds. The molecule has 1 aliphatic heterocycles. The molecule has 1 aliphatic rings. The highest BCUT2D eigenvalue weighted by Gasteiger charge is 2.23. The summed E-state index contributed by atoms with van der Waals surface area (Å²) >= 11 is 6.12. The zero-order valence-corrected chi connectivity index (χ0v) is 13.2. The summed E-state index contributed by atoms with van der Waals surface area (Å²) < 4.78 is 5.11. The minimum Gasteiger partial charge on any atom is -0.377 e. The largest absolute Gasteiger partial charge is 0.377 e. The van der Waals surface area contributed by atoms with Crippen LogP contribution in [0.1, 0.15) is 25.6 Å². The van der Waals surface area contributed by atoms with Gasteiger partial charge in [0.25, 0.3) is 0 Å². The highest BCUT2D eigenvalue weighted by Crippen LogP contribution is 2.22. The molecule has 0 radical (unpaired) electrons. The molecule has 0 saturated carbocycles. The monoisotopic (exact) mass is 298 g/mol. The fourth-order valence-electron chi connectivity index (χ4n) is 2.69. The van der Waals surface area contributed by atoms with Gasteiger partial charge in [-0.2, -0.15) is 0 Å². The lowest BCUT2D eigenvalue weighted by Crippen LogP contribution is -2.40. The van der Waals surface area contributed by atoms with Gasteiger partial charge in [-0.1, -0.05) is 18.5 Å². The number of halogens is 1. The second-order valence-corrected chi connectivity index (χ2v) is 5.66. The number of rotatable bonds is 4. The Balaban J connectivity index is 2.27. The normalized spacial score (nSPS) is 21.0.